The summed E-state index contributed by atoms with van der Waals surface area (Å²) in [5, 5.41) is 13.4. The highest BCUT2D eigenvalue weighted by Crippen LogP contribution is 2.40. The van der Waals surface area contributed by atoms with Crippen LogP contribution in [0.2, 0.25) is 0 Å². The van der Waals surface area contributed by atoms with Gasteiger partial charge in [0.15, 0.2) is 0 Å². The summed E-state index contributed by atoms with van der Waals surface area (Å²) >= 11 is 0. The van der Waals surface area contributed by atoms with Crippen LogP contribution in [0.15, 0.2) is 70.2 Å². The third-order valence-electron chi connectivity index (χ3n) is 4.48. The maximum absolute atomic E-state index is 4.85. The van der Waals surface area contributed by atoms with Gasteiger partial charge in [0.25, 0.3) is 0 Å². The second kappa shape index (κ2) is 7.40. The van der Waals surface area contributed by atoms with E-state index in [1.54, 1.807) is 6.20 Å². The smallest absolute Gasteiger partial charge is 0.211 e. The highest BCUT2D eigenvalue weighted by atomic mass is 32.2. The number of anilines is 2. The largest absolute Gasteiger partial charge is 0.325 e. The van der Waals surface area contributed by atoms with Crippen LogP contribution in [0, 0.1) is 0 Å². The van der Waals surface area contributed by atoms with Crippen LogP contribution in [-0.4, -0.2) is 21.1 Å². The van der Waals surface area contributed by atoms with Gasteiger partial charge in [0.2, 0.25) is 5.96 Å². The normalized spacial score (nSPS) is 16.0. The monoisotopic (exact) mass is 377 g/mol. The van der Waals surface area contributed by atoms with Crippen LogP contribution in [0.4, 0.5) is 11.4 Å². The number of fused-ring (bicyclic) bond motifs is 1. The van der Waals surface area contributed by atoms with Gasteiger partial charge in [-0.25, -0.2) is 4.68 Å². The number of rotatable bonds is 3. The first-order chi connectivity index (χ1) is 13.2. The molecule has 0 saturated carbocycles. The van der Waals surface area contributed by atoms with Gasteiger partial charge in [0.05, 0.1) is 11.4 Å². The van der Waals surface area contributed by atoms with Crippen LogP contribution in [0.25, 0.3) is 5.69 Å². The maximum atomic E-state index is 4.85. The van der Waals surface area contributed by atoms with Gasteiger partial charge in [0.1, 0.15) is 0 Å². The highest BCUT2D eigenvalue weighted by Gasteiger charge is 2.19. The summed E-state index contributed by atoms with van der Waals surface area (Å²) in [5.41, 5.74) is 4.40. The molecule has 2 heterocycles. The predicted molar refractivity (Wildman–Crippen MR) is 116 cm³/mol. The van der Waals surface area contributed by atoms with E-state index in [-0.39, 0.29) is 10.7 Å². The van der Waals surface area contributed by atoms with Crippen molar-refractivity contribution in [1.29, 1.82) is 0 Å². The van der Waals surface area contributed by atoms with E-state index in [0.717, 1.165) is 23.0 Å². The Morgan fingerprint density at radius 2 is 1.93 bits per heavy atom. The van der Waals surface area contributed by atoms with Gasteiger partial charge in [-0.1, -0.05) is 32.0 Å². The number of guanidine groups is 1. The molecule has 5 nitrogen and oxygen atoms in total. The zero-order valence-electron chi connectivity index (χ0n) is 15.7. The summed E-state index contributed by atoms with van der Waals surface area (Å²) in [7, 11) is -0.317. The number of benzene rings is 2. The maximum Gasteiger partial charge on any atom is 0.211 e. The third kappa shape index (κ3) is 3.53. The molecular weight excluding hydrogens is 354 g/mol. The Labute approximate surface area is 162 Å². The van der Waals surface area contributed by atoms with Crippen molar-refractivity contribution < 1.29 is 0 Å². The van der Waals surface area contributed by atoms with Crippen molar-refractivity contribution in [2.24, 2.45) is 4.40 Å². The topological polar surface area (TPSA) is 54.2 Å². The molecule has 2 aromatic carbocycles. The number of hydrogen-bond donors (Lipinski definition) is 2. The second-order valence-electron chi connectivity index (χ2n) is 6.62. The van der Waals surface area contributed by atoms with E-state index in [2.05, 4.69) is 84.3 Å². The average molecular weight is 378 g/mol. The van der Waals surface area contributed by atoms with Crippen LogP contribution in [-0.2, 0) is 0 Å². The molecule has 27 heavy (non-hydrogen) atoms. The molecule has 1 atom stereocenters. The van der Waals surface area contributed by atoms with E-state index in [9.17, 15) is 0 Å². The van der Waals surface area contributed by atoms with Crippen molar-refractivity contribution in [3.05, 3.63) is 66.5 Å². The lowest BCUT2D eigenvalue weighted by atomic mass is 10.0. The molecule has 0 bridgehead atoms. The van der Waals surface area contributed by atoms with Gasteiger partial charge in [-0.3, -0.25) is 0 Å². The lowest BCUT2D eigenvalue weighted by Gasteiger charge is -2.24. The molecule has 0 amide bonds. The van der Waals surface area contributed by atoms with Crippen molar-refractivity contribution in [1.82, 2.24) is 9.78 Å². The van der Waals surface area contributed by atoms with E-state index >= 15 is 0 Å². The number of para-hydroxylation sites is 1. The van der Waals surface area contributed by atoms with Gasteiger partial charge in [-0.05, 0) is 64.8 Å². The minimum atomic E-state index is -0.317. The molecule has 0 saturated heterocycles. The minimum absolute atomic E-state index is 0.317. The molecule has 6 heteroatoms. The first kappa shape index (κ1) is 17.5. The first-order valence-electron chi connectivity index (χ1n) is 9.04. The summed E-state index contributed by atoms with van der Waals surface area (Å²) in [5.74, 6) is 1.27. The molecule has 1 aliphatic rings. The second-order valence-corrected chi connectivity index (χ2v) is 8.34. The SMILES string of the molecule is C/C=S1\N=C(Nc2ccc(C(C)C)cc2)Nc2c(-n3cccn3)cccc21. The molecule has 2 N–H and O–H groups in total. The molecule has 1 aromatic heterocycles. The van der Waals surface area contributed by atoms with Gasteiger partial charge >= 0.3 is 0 Å². The molecule has 0 radical (unpaired) electrons. The lowest BCUT2D eigenvalue weighted by molar-refractivity contribution is 0.867. The summed E-state index contributed by atoms with van der Waals surface area (Å²) < 4.78 is 6.73. The standard InChI is InChI=1S/C21H23N5S/c1-4-27-19-8-5-7-18(26-14-6-13-22-26)20(19)24-21(25-27)23-17-11-9-16(10-12-17)15(2)3/h4-15H,1-3H3,(H2,23,24,25). The molecule has 1 aliphatic heterocycles. The van der Waals surface area contributed by atoms with Crippen LogP contribution in [0.1, 0.15) is 32.3 Å². The fraction of sp³-hybridized carbons (Fsp3) is 0.190. The van der Waals surface area contributed by atoms with Crippen LogP contribution < -0.4 is 10.6 Å². The Hall–Kier alpha value is -2.86. The first-order valence-corrected chi connectivity index (χ1v) is 10.3. The van der Waals surface area contributed by atoms with E-state index in [4.69, 9.17) is 4.40 Å². The lowest BCUT2D eigenvalue weighted by Crippen LogP contribution is -2.25. The minimum Gasteiger partial charge on any atom is -0.325 e. The van der Waals surface area contributed by atoms with Crippen molar-refractivity contribution >= 4 is 33.4 Å². The van der Waals surface area contributed by atoms with E-state index < -0.39 is 0 Å². The van der Waals surface area contributed by atoms with Crippen molar-refractivity contribution in [2.45, 2.75) is 31.6 Å². The molecule has 0 aliphatic carbocycles. The Kier molecular flexibility index (Phi) is 4.81. The Morgan fingerprint density at radius 3 is 2.59 bits per heavy atom. The zero-order valence-corrected chi connectivity index (χ0v) is 16.5. The van der Waals surface area contributed by atoms with Crippen molar-refractivity contribution in [3.63, 3.8) is 0 Å². The Morgan fingerprint density at radius 1 is 1.11 bits per heavy atom. The Bertz CT molecular complexity index is 1000. The predicted octanol–water partition coefficient (Wildman–Crippen LogP) is 5.25. The van der Waals surface area contributed by atoms with Gasteiger partial charge < -0.3 is 10.6 Å². The quantitative estimate of drug-likeness (QED) is 0.613. The number of nitrogens with one attached hydrogen (secondary N) is 2. The fourth-order valence-electron chi connectivity index (χ4n) is 3.03. The highest BCUT2D eigenvalue weighted by molar-refractivity contribution is 8.14. The van der Waals surface area contributed by atoms with E-state index in [0.29, 0.717) is 5.92 Å². The van der Waals surface area contributed by atoms with Gasteiger partial charge in [0, 0.05) is 23.0 Å². The van der Waals surface area contributed by atoms with E-state index in [1.807, 2.05) is 16.9 Å². The van der Waals surface area contributed by atoms with Crippen molar-refractivity contribution in [3.8, 4) is 5.69 Å². The van der Waals surface area contributed by atoms with Crippen LogP contribution >= 0.6 is 10.7 Å². The molecule has 1 unspecified atom stereocenters. The Balaban J connectivity index is 1.67. The molecule has 138 valence electrons. The van der Waals surface area contributed by atoms with Crippen molar-refractivity contribution in [2.75, 3.05) is 10.6 Å². The molecule has 3 aromatic rings. The van der Waals surface area contributed by atoms with Gasteiger partial charge in [-0.2, -0.15) is 9.50 Å². The molecule has 0 spiro atoms. The molecular formula is C21H23N5S. The van der Waals surface area contributed by atoms with Crippen LogP contribution in [0.5, 0.6) is 0 Å². The zero-order chi connectivity index (χ0) is 18.8. The number of aromatic nitrogens is 2. The molecule has 4 rings (SSSR count). The number of nitrogens with zero attached hydrogens (tertiary/aromatic N) is 3. The van der Waals surface area contributed by atoms with E-state index in [1.165, 1.54) is 10.5 Å². The van der Waals surface area contributed by atoms with Gasteiger partial charge in [-0.15, -0.1) is 0 Å². The van der Waals surface area contributed by atoms with Crippen LogP contribution in [0.3, 0.4) is 0 Å². The molecule has 0 fully saturated rings. The fourth-order valence-corrected chi connectivity index (χ4v) is 4.36. The summed E-state index contributed by atoms with van der Waals surface area (Å²) in [6, 6.07) is 16.7. The summed E-state index contributed by atoms with van der Waals surface area (Å²) in [6.45, 7) is 6.45. The summed E-state index contributed by atoms with van der Waals surface area (Å²) in [6.07, 6.45) is 3.74. The average Bonchev–Trinajstić information content (AvgIpc) is 3.22. The third-order valence-corrected chi connectivity index (χ3v) is 6.09. The summed E-state index contributed by atoms with van der Waals surface area (Å²) in [4.78, 5) is 1.17. The number of hydrogen-bond acceptors (Lipinski definition) is 4.